The number of carboxylic acids is 1. The Morgan fingerprint density at radius 1 is 1.26 bits per heavy atom. The molecule has 1 aliphatic heterocycles. The fourth-order valence-corrected chi connectivity index (χ4v) is 5.01. The van der Waals surface area contributed by atoms with Crippen molar-refractivity contribution in [3.63, 3.8) is 0 Å². The van der Waals surface area contributed by atoms with E-state index in [1.165, 1.54) is 23.9 Å². The van der Waals surface area contributed by atoms with Crippen LogP contribution in [0.15, 0.2) is 42.5 Å². The maximum absolute atomic E-state index is 13.3. The van der Waals surface area contributed by atoms with Crippen LogP contribution in [0.4, 0.5) is 10.1 Å². The standard InChI is InChI=1S/C25H32FN3O3S2/c1-29(23-22(33)11-13-27-23)19-10-7-17(6-3-16-4-8-18(26)9-5-16)20(15-19)24(30)28-21(25(31)32)12-14-34-2/h4-5,7-10,15,21-23,27,33H,3,6,11-14H2,1-2H3,(H,28,30)(H,31,32)/t21-,22+,23+/m0/s1. The highest BCUT2D eigenvalue weighted by Crippen LogP contribution is 2.26. The lowest BCUT2D eigenvalue weighted by Gasteiger charge is -2.30. The SMILES string of the molecule is CSCC[C@H](NC(=O)c1cc(N(C)[C@H]2NCC[C@H]2S)ccc1CCc1ccc(F)cc1)C(=O)O. The van der Waals surface area contributed by atoms with E-state index in [4.69, 9.17) is 0 Å². The van der Waals surface area contributed by atoms with Crippen LogP contribution in [0.2, 0.25) is 0 Å². The van der Waals surface area contributed by atoms with Crippen molar-refractivity contribution in [3.05, 3.63) is 65.0 Å². The molecule has 0 saturated carbocycles. The molecule has 0 bridgehead atoms. The number of anilines is 1. The molecule has 3 N–H and O–H groups in total. The van der Waals surface area contributed by atoms with Crippen molar-refractivity contribution in [3.8, 4) is 0 Å². The monoisotopic (exact) mass is 505 g/mol. The van der Waals surface area contributed by atoms with E-state index in [2.05, 4.69) is 28.2 Å². The van der Waals surface area contributed by atoms with Crippen LogP contribution in [-0.4, -0.2) is 60.0 Å². The lowest BCUT2D eigenvalue weighted by Crippen LogP contribution is -2.44. The summed E-state index contributed by atoms with van der Waals surface area (Å²) >= 11 is 6.21. The molecule has 0 unspecified atom stereocenters. The first-order valence-corrected chi connectivity index (χ1v) is 13.3. The van der Waals surface area contributed by atoms with Gasteiger partial charge in [0.25, 0.3) is 5.91 Å². The normalized spacial score (nSPS) is 18.5. The van der Waals surface area contributed by atoms with Gasteiger partial charge < -0.3 is 15.3 Å². The number of amides is 1. The molecule has 0 aliphatic carbocycles. The van der Waals surface area contributed by atoms with Crippen LogP contribution in [-0.2, 0) is 17.6 Å². The molecule has 3 rings (SSSR count). The second kappa shape index (κ2) is 12.5. The Labute approximate surface area is 210 Å². The molecule has 6 nitrogen and oxygen atoms in total. The summed E-state index contributed by atoms with van der Waals surface area (Å²) in [5.74, 6) is -1.10. The summed E-state index contributed by atoms with van der Waals surface area (Å²) in [6.07, 6.45) is 4.44. The minimum Gasteiger partial charge on any atom is -0.480 e. The Hall–Kier alpha value is -2.23. The molecule has 1 saturated heterocycles. The molecule has 34 heavy (non-hydrogen) atoms. The smallest absolute Gasteiger partial charge is 0.326 e. The van der Waals surface area contributed by atoms with Gasteiger partial charge in [0.2, 0.25) is 0 Å². The minimum atomic E-state index is -1.04. The number of hydrogen-bond acceptors (Lipinski definition) is 6. The molecule has 184 valence electrons. The number of carboxylic acid groups (broad SMARTS) is 1. The summed E-state index contributed by atoms with van der Waals surface area (Å²) in [7, 11) is 1.96. The Morgan fingerprint density at radius 2 is 2.00 bits per heavy atom. The molecule has 2 aromatic rings. The van der Waals surface area contributed by atoms with Crippen LogP contribution in [0.5, 0.6) is 0 Å². The summed E-state index contributed by atoms with van der Waals surface area (Å²) in [5.41, 5.74) is 3.08. The Balaban J connectivity index is 1.86. The van der Waals surface area contributed by atoms with Crippen LogP contribution in [0.25, 0.3) is 0 Å². The topological polar surface area (TPSA) is 81.7 Å². The van der Waals surface area contributed by atoms with Crippen molar-refractivity contribution < 1.29 is 19.1 Å². The van der Waals surface area contributed by atoms with Crippen LogP contribution in [0.3, 0.4) is 0 Å². The first kappa shape index (κ1) is 26.4. The zero-order valence-electron chi connectivity index (χ0n) is 19.5. The first-order chi connectivity index (χ1) is 16.3. The summed E-state index contributed by atoms with van der Waals surface area (Å²) in [5, 5.41) is 15.9. The van der Waals surface area contributed by atoms with Gasteiger partial charge in [0.1, 0.15) is 11.9 Å². The van der Waals surface area contributed by atoms with Crippen LogP contribution < -0.4 is 15.5 Å². The van der Waals surface area contributed by atoms with Crippen molar-refractivity contribution in [1.82, 2.24) is 10.6 Å². The minimum absolute atomic E-state index is 0.0395. The van der Waals surface area contributed by atoms with Crippen molar-refractivity contribution in [2.45, 2.75) is 43.1 Å². The van der Waals surface area contributed by atoms with Gasteiger partial charge in [-0.2, -0.15) is 24.4 Å². The number of aryl methyl sites for hydroxylation is 2. The number of nitrogens with zero attached hydrogens (tertiary/aromatic N) is 1. The second-order valence-corrected chi connectivity index (χ2v) is 10.1. The van der Waals surface area contributed by atoms with Gasteiger partial charge in [-0.3, -0.25) is 10.1 Å². The third kappa shape index (κ3) is 6.90. The van der Waals surface area contributed by atoms with Gasteiger partial charge in [-0.15, -0.1) is 0 Å². The average Bonchev–Trinajstić information content (AvgIpc) is 3.26. The highest BCUT2D eigenvalue weighted by atomic mass is 32.2. The Morgan fingerprint density at radius 3 is 2.62 bits per heavy atom. The van der Waals surface area contributed by atoms with Gasteiger partial charge in [-0.25, -0.2) is 9.18 Å². The molecule has 1 aliphatic rings. The molecule has 1 fully saturated rings. The van der Waals surface area contributed by atoms with E-state index in [0.29, 0.717) is 30.6 Å². The molecule has 0 radical (unpaired) electrons. The molecule has 2 aromatic carbocycles. The number of benzene rings is 2. The largest absolute Gasteiger partial charge is 0.480 e. The number of rotatable bonds is 11. The number of carbonyl (C=O) groups excluding carboxylic acids is 1. The number of thioether (sulfide) groups is 1. The van der Waals surface area contributed by atoms with Crippen molar-refractivity contribution in [2.75, 3.05) is 30.5 Å². The van der Waals surface area contributed by atoms with E-state index in [0.717, 1.165) is 29.8 Å². The van der Waals surface area contributed by atoms with E-state index in [1.807, 2.05) is 31.5 Å². The lowest BCUT2D eigenvalue weighted by molar-refractivity contribution is -0.139. The number of halogens is 1. The van der Waals surface area contributed by atoms with E-state index >= 15 is 0 Å². The average molecular weight is 506 g/mol. The van der Waals surface area contributed by atoms with Crippen molar-refractivity contribution in [1.29, 1.82) is 0 Å². The summed E-state index contributed by atoms with van der Waals surface area (Å²) in [6, 6.07) is 11.1. The highest BCUT2D eigenvalue weighted by molar-refractivity contribution is 7.98. The number of hydrogen-bond donors (Lipinski definition) is 4. The van der Waals surface area contributed by atoms with Crippen LogP contribution >= 0.6 is 24.4 Å². The third-order valence-corrected chi connectivity index (χ3v) is 7.32. The summed E-state index contributed by atoms with van der Waals surface area (Å²) in [6.45, 7) is 0.877. The molecule has 9 heteroatoms. The molecular formula is C25H32FN3O3S2. The number of aliphatic carboxylic acids is 1. The van der Waals surface area contributed by atoms with Gasteiger partial charge in [0, 0.05) is 23.5 Å². The molecule has 0 aromatic heterocycles. The van der Waals surface area contributed by atoms with Crippen LogP contribution in [0.1, 0.15) is 34.3 Å². The van der Waals surface area contributed by atoms with E-state index in [-0.39, 0.29) is 17.2 Å². The Kier molecular flexibility index (Phi) is 9.67. The van der Waals surface area contributed by atoms with Gasteiger partial charge in [0.05, 0.1) is 6.17 Å². The van der Waals surface area contributed by atoms with Crippen LogP contribution in [0, 0.1) is 5.82 Å². The zero-order chi connectivity index (χ0) is 24.7. The molecule has 1 amide bonds. The van der Waals surface area contributed by atoms with Gasteiger partial charge in [-0.05, 0) is 79.6 Å². The maximum atomic E-state index is 13.3. The highest BCUT2D eigenvalue weighted by Gasteiger charge is 2.28. The Bertz CT molecular complexity index is 990. The third-order valence-electron chi connectivity index (χ3n) is 6.13. The number of nitrogens with one attached hydrogen (secondary N) is 2. The predicted octanol–water partition coefficient (Wildman–Crippen LogP) is 3.60. The fourth-order valence-electron chi connectivity index (χ4n) is 4.10. The van der Waals surface area contributed by atoms with Crippen molar-refractivity contribution in [2.24, 2.45) is 0 Å². The summed E-state index contributed by atoms with van der Waals surface area (Å²) < 4.78 is 13.3. The lowest BCUT2D eigenvalue weighted by atomic mass is 9.98. The molecule has 0 spiro atoms. The second-order valence-electron chi connectivity index (χ2n) is 8.48. The molecule has 1 heterocycles. The number of thiol groups is 1. The zero-order valence-corrected chi connectivity index (χ0v) is 21.2. The van der Waals surface area contributed by atoms with Gasteiger partial charge in [-0.1, -0.05) is 18.2 Å². The number of carbonyl (C=O) groups is 2. The maximum Gasteiger partial charge on any atom is 0.326 e. The first-order valence-electron chi connectivity index (χ1n) is 11.3. The van der Waals surface area contributed by atoms with Gasteiger partial charge >= 0.3 is 5.97 Å². The molecule has 3 atom stereocenters. The van der Waals surface area contributed by atoms with Crippen molar-refractivity contribution >= 4 is 42.0 Å². The molecular weight excluding hydrogens is 473 g/mol. The van der Waals surface area contributed by atoms with E-state index < -0.39 is 17.9 Å². The predicted molar refractivity (Wildman–Crippen MR) is 140 cm³/mol. The van der Waals surface area contributed by atoms with E-state index in [9.17, 15) is 19.1 Å². The quantitative estimate of drug-likeness (QED) is 0.350. The van der Waals surface area contributed by atoms with Gasteiger partial charge in [0.15, 0.2) is 0 Å². The van der Waals surface area contributed by atoms with E-state index in [1.54, 1.807) is 12.1 Å². The summed E-state index contributed by atoms with van der Waals surface area (Å²) in [4.78, 5) is 27.0. The fraction of sp³-hybridized carbons (Fsp3) is 0.440.